The van der Waals surface area contributed by atoms with Gasteiger partial charge in [-0.3, -0.25) is 0 Å². The van der Waals surface area contributed by atoms with Gasteiger partial charge in [0, 0.05) is 26.2 Å². The van der Waals surface area contributed by atoms with Crippen molar-refractivity contribution in [3.63, 3.8) is 0 Å². The van der Waals surface area contributed by atoms with Crippen LogP contribution in [-0.4, -0.2) is 54.8 Å². The average molecular weight is 216 g/mol. The zero-order chi connectivity index (χ0) is 10.2. The fourth-order valence-electron chi connectivity index (χ4n) is 1.95. The lowest BCUT2D eigenvalue weighted by molar-refractivity contribution is 0.135. The molecule has 0 spiro atoms. The summed E-state index contributed by atoms with van der Waals surface area (Å²) in [7, 11) is 0. The summed E-state index contributed by atoms with van der Waals surface area (Å²) in [5.74, 6) is 1.05. The van der Waals surface area contributed by atoms with Crippen LogP contribution in [-0.2, 0) is 0 Å². The third-order valence-electron chi connectivity index (χ3n) is 3.04. The molecule has 0 aromatic carbocycles. The smallest absolute Gasteiger partial charge is 0.0110 e. The van der Waals surface area contributed by atoms with Crippen LogP contribution in [0.2, 0.25) is 0 Å². The van der Waals surface area contributed by atoms with Crippen molar-refractivity contribution in [1.82, 2.24) is 9.80 Å². The monoisotopic (exact) mass is 216 g/mol. The van der Waals surface area contributed by atoms with Crippen molar-refractivity contribution < 1.29 is 0 Å². The zero-order valence-electron chi connectivity index (χ0n) is 9.41. The minimum atomic E-state index is 1.05. The molecule has 0 atom stereocenters. The van der Waals surface area contributed by atoms with E-state index in [0.29, 0.717) is 0 Å². The molecular formula is C11H24N2S. The minimum absolute atomic E-state index is 1.05. The van der Waals surface area contributed by atoms with Gasteiger partial charge in [-0.25, -0.2) is 0 Å². The number of rotatable bonds is 6. The molecule has 84 valence electrons. The maximum absolute atomic E-state index is 4.22. The first-order valence-electron chi connectivity index (χ1n) is 5.92. The summed E-state index contributed by atoms with van der Waals surface area (Å²) in [4.78, 5) is 5.13. The van der Waals surface area contributed by atoms with Crippen LogP contribution in [0, 0.1) is 0 Å². The SMILES string of the molecule is CCN1CCN(CCCCCS)CC1. The van der Waals surface area contributed by atoms with Crippen molar-refractivity contribution in [2.75, 3.05) is 45.0 Å². The topological polar surface area (TPSA) is 6.48 Å². The highest BCUT2D eigenvalue weighted by Gasteiger charge is 2.14. The van der Waals surface area contributed by atoms with Crippen LogP contribution in [0.5, 0.6) is 0 Å². The lowest BCUT2D eigenvalue weighted by atomic mass is 10.2. The van der Waals surface area contributed by atoms with Gasteiger partial charge in [0.2, 0.25) is 0 Å². The van der Waals surface area contributed by atoms with Crippen molar-refractivity contribution in [2.45, 2.75) is 26.2 Å². The largest absolute Gasteiger partial charge is 0.301 e. The fraction of sp³-hybridized carbons (Fsp3) is 1.00. The van der Waals surface area contributed by atoms with Crippen LogP contribution >= 0.6 is 12.6 Å². The minimum Gasteiger partial charge on any atom is -0.301 e. The van der Waals surface area contributed by atoms with E-state index in [1.54, 1.807) is 0 Å². The molecule has 1 saturated heterocycles. The van der Waals surface area contributed by atoms with E-state index in [2.05, 4.69) is 29.4 Å². The Hall–Kier alpha value is 0.270. The molecule has 1 rings (SSSR count). The van der Waals surface area contributed by atoms with Crippen LogP contribution in [0.25, 0.3) is 0 Å². The van der Waals surface area contributed by atoms with Crippen molar-refractivity contribution in [3.8, 4) is 0 Å². The number of nitrogens with zero attached hydrogens (tertiary/aromatic N) is 2. The van der Waals surface area contributed by atoms with Gasteiger partial charge in [0.1, 0.15) is 0 Å². The molecule has 0 aromatic rings. The molecule has 0 radical (unpaired) electrons. The number of likely N-dealkylation sites (N-methyl/N-ethyl adjacent to an activating group) is 1. The predicted molar refractivity (Wildman–Crippen MR) is 66.3 cm³/mol. The summed E-state index contributed by atoms with van der Waals surface area (Å²) in [5.41, 5.74) is 0. The lowest BCUT2D eigenvalue weighted by Crippen LogP contribution is -2.46. The number of thiol groups is 1. The molecule has 1 heterocycles. The van der Waals surface area contributed by atoms with Crippen molar-refractivity contribution >= 4 is 12.6 Å². The van der Waals surface area contributed by atoms with Gasteiger partial charge in [0.05, 0.1) is 0 Å². The molecule has 0 N–H and O–H groups in total. The molecule has 14 heavy (non-hydrogen) atoms. The van der Waals surface area contributed by atoms with Gasteiger partial charge in [0.15, 0.2) is 0 Å². The van der Waals surface area contributed by atoms with Crippen LogP contribution < -0.4 is 0 Å². The van der Waals surface area contributed by atoms with E-state index in [0.717, 1.165) is 5.75 Å². The van der Waals surface area contributed by atoms with E-state index in [9.17, 15) is 0 Å². The maximum Gasteiger partial charge on any atom is 0.0110 e. The molecule has 0 saturated carbocycles. The molecule has 1 fully saturated rings. The summed E-state index contributed by atoms with van der Waals surface area (Å²) in [6.45, 7) is 9.84. The summed E-state index contributed by atoms with van der Waals surface area (Å²) in [6, 6.07) is 0. The second-order valence-corrected chi connectivity index (χ2v) is 4.51. The van der Waals surface area contributed by atoms with Crippen LogP contribution in [0.3, 0.4) is 0 Å². The molecular weight excluding hydrogens is 192 g/mol. The second-order valence-electron chi connectivity index (χ2n) is 4.06. The second kappa shape index (κ2) is 7.55. The molecule has 2 nitrogen and oxygen atoms in total. The normalized spacial score (nSPS) is 20.1. The van der Waals surface area contributed by atoms with Crippen molar-refractivity contribution in [2.24, 2.45) is 0 Å². The third kappa shape index (κ3) is 4.67. The van der Waals surface area contributed by atoms with Crippen molar-refractivity contribution in [3.05, 3.63) is 0 Å². The van der Waals surface area contributed by atoms with Gasteiger partial charge in [-0.05, 0) is 31.7 Å². The Bertz CT molecular complexity index is 133. The van der Waals surface area contributed by atoms with Crippen LogP contribution in [0.15, 0.2) is 0 Å². The van der Waals surface area contributed by atoms with E-state index < -0.39 is 0 Å². The van der Waals surface area contributed by atoms with Gasteiger partial charge in [0.25, 0.3) is 0 Å². The molecule has 0 bridgehead atoms. The van der Waals surface area contributed by atoms with E-state index in [-0.39, 0.29) is 0 Å². The summed E-state index contributed by atoms with van der Waals surface area (Å²) in [6.07, 6.45) is 3.97. The van der Waals surface area contributed by atoms with Crippen LogP contribution in [0.1, 0.15) is 26.2 Å². The first kappa shape index (κ1) is 12.3. The average Bonchev–Trinajstić information content (AvgIpc) is 2.25. The molecule has 0 amide bonds. The van der Waals surface area contributed by atoms with E-state index in [1.165, 1.54) is 58.5 Å². The van der Waals surface area contributed by atoms with Crippen LogP contribution in [0.4, 0.5) is 0 Å². The Morgan fingerprint density at radius 1 is 0.929 bits per heavy atom. The number of hydrogen-bond acceptors (Lipinski definition) is 3. The number of piperazine rings is 1. The standard InChI is InChI=1S/C11H24N2S/c1-2-12-7-9-13(10-8-12)6-4-3-5-11-14/h14H,2-11H2,1H3. The first-order valence-corrected chi connectivity index (χ1v) is 6.55. The molecule has 0 unspecified atom stereocenters. The summed E-state index contributed by atoms with van der Waals surface area (Å²) < 4.78 is 0. The Balaban J connectivity index is 1.98. The fourth-order valence-corrected chi connectivity index (χ4v) is 2.18. The van der Waals surface area contributed by atoms with Gasteiger partial charge in [-0.15, -0.1) is 0 Å². The number of unbranched alkanes of at least 4 members (excludes halogenated alkanes) is 2. The third-order valence-corrected chi connectivity index (χ3v) is 3.36. The predicted octanol–water partition coefficient (Wildman–Crippen LogP) is 1.72. The highest BCUT2D eigenvalue weighted by molar-refractivity contribution is 7.80. The molecule has 1 aliphatic heterocycles. The van der Waals surface area contributed by atoms with Gasteiger partial charge in [-0.1, -0.05) is 13.3 Å². The first-order chi connectivity index (χ1) is 6.86. The molecule has 1 aliphatic rings. The zero-order valence-corrected chi connectivity index (χ0v) is 10.3. The summed E-state index contributed by atoms with van der Waals surface area (Å²) in [5, 5.41) is 0. The maximum atomic E-state index is 4.22. The molecule has 0 aromatic heterocycles. The van der Waals surface area contributed by atoms with Gasteiger partial charge >= 0.3 is 0 Å². The lowest BCUT2D eigenvalue weighted by Gasteiger charge is -2.33. The molecule has 3 heteroatoms. The Morgan fingerprint density at radius 3 is 2.14 bits per heavy atom. The van der Waals surface area contributed by atoms with E-state index in [4.69, 9.17) is 0 Å². The van der Waals surface area contributed by atoms with Gasteiger partial charge < -0.3 is 9.80 Å². The van der Waals surface area contributed by atoms with E-state index in [1.807, 2.05) is 0 Å². The Morgan fingerprint density at radius 2 is 1.57 bits per heavy atom. The van der Waals surface area contributed by atoms with E-state index >= 15 is 0 Å². The highest BCUT2D eigenvalue weighted by atomic mass is 32.1. The summed E-state index contributed by atoms with van der Waals surface area (Å²) >= 11 is 4.22. The van der Waals surface area contributed by atoms with Crippen molar-refractivity contribution in [1.29, 1.82) is 0 Å². The highest BCUT2D eigenvalue weighted by Crippen LogP contribution is 2.04. The Labute approximate surface area is 94.1 Å². The van der Waals surface area contributed by atoms with Gasteiger partial charge in [-0.2, -0.15) is 12.6 Å². The quantitative estimate of drug-likeness (QED) is 0.533. The Kier molecular flexibility index (Phi) is 6.65. The number of hydrogen-bond donors (Lipinski definition) is 1. The molecule has 0 aliphatic carbocycles.